The first-order valence-corrected chi connectivity index (χ1v) is 22.6. The standard InChI is InChI=1S/C43H78NO8P/c1-3-5-7-9-11-13-15-17-19-20-22-24-26-28-30-32-34-36-43(46)52-41(40-51-53(47,48)50-38-37-44)39-49-42(45)35-33-31-29-27-25-23-21-18-16-14-12-10-8-6-4-2/h11,13,17,19,22,24,28,30,41H,3-10,12,14-16,18,20-21,23,25-27,29,31-40,44H2,1-2H3,(H,47,48)/b13-11+,19-17+,24-22+,30-28+/t41-/m0/s1. The van der Waals surface area contributed by atoms with Crippen LogP contribution in [0.4, 0.5) is 0 Å². The molecule has 9 nitrogen and oxygen atoms in total. The van der Waals surface area contributed by atoms with Crippen molar-refractivity contribution in [2.75, 3.05) is 26.4 Å². The topological polar surface area (TPSA) is 134 Å². The lowest BCUT2D eigenvalue weighted by Gasteiger charge is -2.19. The normalized spacial score (nSPS) is 13.8. The molecule has 0 saturated heterocycles. The maximum Gasteiger partial charge on any atom is 0.472 e. The minimum atomic E-state index is -4.39. The second-order valence-electron chi connectivity index (χ2n) is 13.9. The minimum Gasteiger partial charge on any atom is -0.462 e. The summed E-state index contributed by atoms with van der Waals surface area (Å²) in [6.07, 6.45) is 44.3. The quantitative estimate of drug-likeness (QED) is 0.0271. The third-order valence-corrected chi connectivity index (χ3v) is 9.70. The van der Waals surface area contributed by atoms with Gasteiger partial charge in [-0.05, 0) is 51.4 Å². The zero-order valence-corrected chi connectivity index (χ0v) is 34.6. The second kappa shape index (κ2) is 39.7. The SMILES string of the molecule is CCCCC/C=C/C/C=C/C/C=C/C/C=C/CCCC(=O)O[C@@H](COC(=O)CCCCCCCCCCCCCCCCC)COP(=O)(O)OCCN. The van der Waals surface area contributed by atoms with Gasteiger partial charge in [0.05, 0.1) is 13.2 Å². The van der Waals surface area contributed by atoms with Crippen molar-refractivity contribution in [1.29, 1.82) is 0 Å². The van der Waals surface area contributed by atoms with E-state index in [0.29, 0.717) is 12.8 Å². The van der Waals surface area contributed by atoms with E-state index >= 15 is 0 Å². The van der Waals surface area contributed by atoms with Gasteiger partial charge in [0.1, 0.15) is 6.61 Å². The number of phosphoric ester groups is 1. The number of rotatable bonds is 39. The Hall–Kier alpha value is -2.03. The number of hydrogen-bond donors (Lipinski definition) is 2. The Morgan fingerprint density at radius 2 is 1.00 bits per heavy atom. The van der Waals surface area contributed by atoms with Gasteiger partial charge in [-0.3, -0.25) is 18.6 Å². The lowest BCUT2D eigenvalue weighted by molar-refractivity contribution is -0.161. The molecule has 0 aliphatic carbocycles. The highest BCUT2D eigenvalue weighted by Gasteiger charge is 2.25. The fourth-order valence-corrected chi connectivity index (χ4v) is 6.33. The zero-order chi connectivity index (χ0) is 38.9. The van der Waals surface area contributed by atoms with Crippen LogP contribution < -0.4 is 5.73 Å². The number of esters is 2. The molecule has 0 spiro atoms. The molecule has 0 aromatic carbocycles. The molecule has 53 heavy (non-hydrogen) atoms. The van der Waals surface area contributed by atoms with Crippen LogP contribution >= 0.6 is 7.82 Å². The lowest BCUT2D eigenvalue weighted by Crippen LogP contribution is -2.29. The van der Waals surface area contributed by atoms with Crippen molar-refractivity contribution < 1.29 is 37.6 Å². The van der Waals surface area contributed by atoms with E-state index in [9.17, 15) is 19.0 Å². The van der Waals surface area contributed by atoms with E-state index in [1.165, 1.54) is 103 Å². The average Bonchev–Trinajstić information content (AvgIpc) is 3.14. The summed E-state index contributed by atoms with van der Waals surface area (Å²) >= 11 is 0. The van der Waals surface area contributed by atoms with Crippen LogP contribution in [0.5, 0.6) is 0 Å². The first-order chi connectivity index (χ1) is 25.8. The van der Waals surface area contributed by atoms with Gasteiger partial charge < -0.3 is 20.1 Å². The van der Waals surface area contributed by atoms with Gasteiger partial charge in [-0.15, -0.1) is 0 Å². The van der Waals surface area contributed by atoms with Crippen LogP contribution in [0.1, 0.15) is 181 Å². The van der Waals surface area contributed by atoms with Crippen LogP contribution in [-0.2, 0) is 32.7 Å². The van der Waals surface area contributed by atoms with Crippen molar-refractivity contribution in [3.8, 4) is 0 Å². The highest BCUT2D eigenvalue weighted by molar-refractivity contribution is 7.47. The Morgan fingerprint density at radius 1 is 0.566 bits per heavy atom. The largest absolute Gasteiger partial charge is 0.472 e. The van der Waals surface area contributed by atoms with Crippen molar-refractivity contribution in [2.45, 2.75) is 187 Å². The molecule has 0 fully saturated rings. The van der Waals surface area contributed by atoms with Crippen molar-refractivity contribution in [3.05, 3.63) is 48.6 Å². The zero-order valence-electron chi connectivity index (χ0n) is 33.7. The van der Waals surface area contributed by atoms with E-state index < -0.39 is 32.5 Å². The highest BCUT2D eigenvalue weighted by Crippen LogP contribution is 2.43. The first-order valence-electron chi connectivity index (χ1n) is 21.1. The first kappa shape index (κ1) is 51.0. The van der Waals surface area contributed by atoms with Crippen LogP contribution in [-0.4, -0.2) is 49.3 Å². The summed E-state index contributed by atoms with van der Waals surface area (Å²) in [6.45, 7) is 3.64. The van der Waals surface area contributed by atoms with E-state index in [2.05, 4.69) is 56.4 Å². The molecule has 0 radical (unpaired) electrons. The van der Waals surface area contributed by atoms with Gasteiger partial charge in [0, 0.05) is 19.4 Å². The molecule has 0 aromatic heterocycles. The van der Waals surface area contributed by atoms with Gasteiger partial charge in [-0.2, -0.15) is 0 Å². The van der Waals surface area contributed by atoms with Crippen LogP contribution in [0.25, 0.3) is 0 Å². The number of phosphoric acid groups is 1. The lowest BCUT2D eigenvalue weighted by atomic mass is 10.0. The van der Waals surface area contributed by atoms with Gasteiger partial charge >= 0.3 is 19.8 Å². The van der Waals surface area contributed by atoms with Crippen molar-refractivity contribution in [2.24, 2.45) is 5.73 Å². The maximum absolute atomic E-state index is 12.5. The average molecular weight is 768 g/mol. The number of nitrogens with two attached hydrogens (primary N) is 1. The minimum absolute atomic E-state index is 0.0443. The summed E-state index contributed by atoms with van der Waals surface area (Å²) in [5, 5.41) is 0. The van der Waals surface area contributed by atoms with Gasteiger partial charge in [-0.1, -0.05) is 165 Å². The number of ether oxygens (including phenoxy) is 2. The second-order valence-corrected chi connectivity index (χ2v) is 15.3. The molecule has 0 aromatic rings. The van der Waals surface area contributed by atoms with Crippen LogP contribution in [0.15, 0.2) is 48.6 Å². The fraction of sp³-hybridized carbons (Fsp3) is 0.767. The molecule has 0 heterocycles. The maximum atomic E-state index is 12.5. The predicted octanol–water partition coefficient (Wildman–Crippen LogP) is 11.9. The molecular weight excluding hydrogens is 689 g/mol. The van der Waals surface area contributed by atoms with Crippen LogP contribution in [0.3, 0.4) is 0 Å². The molecule has 0 aliphatic rings. The summed E-state index contributed by atoms with van der Waals surface area (Å²) in [6, 6.07) is 0. The summed E-state index contributed by atoms with van der Waals surface area (Å²) in [4.78, 5) is 34.8. The molecule has 1 unspecified atom stereocenters. The van der Waals surface area contributed by atoms with Gasteiger partial charge in [0.25, 0.3) is 0 Å². The van der Waals surface area contributed by atoms with E-state index in [0.717, 1.165) is 38.5 Å². The van der Waals surface area contributed by atoms with Crippen molar-refractivity contribution in [1.82, 2.24) is 0 Å². The molecule has 0 rings (SSSR count). The Kier molecular flexibility index (Phi) is 38.1. The molecular formula is C43H78NO8P. The Morgan fingerprint density at radius 3 is 1.51 bits per heavy atom. The smallest absolute Gasteiger partial charge is 0.462 e. The highest BCUT2D eigenvalue weighted by atomic mass is 31.2. The van der Waals surface area contributed by atoms with Gasteiger partial charge in [0.15, 0.2) is 6.10 Å². The van der Waals surface area contributed by atoms with Gasteiger partial charge in [-0.25, -0.2) is 4.57 Å². The Bertz CT molecular complexity index is 1010. The van der Waals surface area contributed by atoms with E-state index in [1.807, 2.05) is 6.08 Å². The Labute approximate surface area is 324 Å². The van der Waals surface area contributed by atoms with Gasteiger partial charge in [0.2, 0.25) is 0 Å². The predicted molar refractivity (Wildman–Crippen MR) is 220 cm³/mol. The molecule has 0 saturated carbocycles. The Balaban J connectivity index is 4.26. The number of carbonyl (C=O) groups is 2. The number of carbonyl (C=O) groups excluding carboxylic acids is 2. The number of allylic oxidation sites excluding steroid dienone is 8. The van der Waals surface area contributed by atoms with E-state index in [1.54, 1.807) is 0 Å². The van der Waals surface area contributed by atoms with Crippen molar-refractivity contribution in [3.63, 3.8) is 0 Å². The van der Waals surface area contributed by atoms with E-state index in [-0.39, 0.29) is 32.6 Å². The molecule has 3 N–H and O–H groups in total. The molecule has 0 bridgehead atoms. The van der Waals surface area contributed by atoms with Crippen LogP contribution in [0, 0.1) is 0 Å². The third kappa shape index (κ3) is 39.5. The molecule has 2 atom stereocenters. The molecule has 0 amide bonds. The third-order valence-electron chi connectivity index (χ3n) is 8.72. The summed E-state index contributed by atoms with van der Waals surface area (Å²) in [7, 11) is -4.39. The fourth-order valence-electron chi connectivity index (χ4n) is 5.57. The summed E-state index contributed by atoms with van der Waals surface area (Å²) in [5.41, 5.74) is 5.34. The molecule has 0 aliphatic heterocycles. The molecule has 308 valence electrons. The monoisotopic (exact) mass is 768 g/mol. The van der Waals surface area contributed by atoms with Crippen molar-refractivity contribution >= 4 is 19.8 Å². The summed E-state index contributed by atoms with van der Waals surface area (Å²) < 4.78 is 32.7. The number of hydrogen-bond acceptors (Lipinski definition) is 8. The molecule has 10 heteroatoms. The van der Waals surface area contributed by atoms with E-state index in [4.69, 9.17) is 24.3 Å². The van der Waals surface area contributed by atoms with Crippen LogP contribution in [0.2, 0.25) is 0 Å². The number of unbranched alkanes of at least 4 members (excludes halogenated alkanes) is 18. The summed E-state index contributed by atoms with van der Waals surface area (Å²) in [5.74, 6) is -0.892.